The van der Waals surface area contributed by atoms with E-state index in [1.165, 1.54) is 4.57 Å². The Labute approximate surface area is 136 Å². The fourth-order valence-corrected chi connectivity index (χ4v) is 2.35. The lowest BCUT2D eigenvalue weighted by atomic mass is 10.2. The van der Waals surface area contributed by atoms with Gasteiger partial charge in [-0.3, -0.25) is 4.79 Å². The van der Waals surface area contributed by atoms with E-state index in [1.807, 2.05) is 12.1 Å². The molecular formula is C16H11ClN4O2. The molecule has 2 heterocycles. The average molecular weight is 327 g/mol. The third-order valence-corrected chi connectivity index (χ3v) is 3.69. The Balaban J connectivity index is 1.93. The van der Waals surface area contributed by atoms with E-state index in [4.69, 9.17) is 21.3 Å². The van der Waals surface area contributed by atoms with Crippen LogP contribution in [-0.4, -0.2) is 14.8 Å². The minimum absolute atomic E-state index is 0.0885. The van der Waals surface area contributed by atoms with E-state index in [0.717, 1.165) is 0 Å². The molecule has 0 bridgehead atoms. The minimum Gasteiger partial charge on any atom is -0.419 e. The molecule has 114 valence electrons. The number of nitriles is 1. The van der Waals surface area contributed by atoms with Crippen LogP contribution in [0, 0.1) is 18.3 Å². The first-order chi connectivity index (χ1) is 11.1. The van der Waals surface area contributed by atoms with Gasteiger partial charge in [-0.25, -0.2) is 0 Å². The van der Waals surface area contributed by atoms with Crippen molar-refractivity contribution in [2.75, 3.05) is 0 Å². The Kier molecular flexibility index (Phi) is 3.96. The van der Waals surface area contributed by atoms with Crippen molar-refractivity contribution in [3.8, 4) is 17.5 Å². The summed E-state index contributed by atoms with van der Waals surface area (Å²) in [5.74, 6) is 0.543. The number of nitrogens with zero attached hydrogens (tertiary/aromatic N) is 4. The van der Waals surface area contributed by atoms with Crippen molar-refractivity contribution in [2.45, 2.75) is 13.5 Å². The van der Waals surface area contributed by atoms with Gasteiger partial charge in [0.2, 0.25) is 11.8 Å². The number of aryl methyl sites for hydroxylation is 1. The number of hydrogen-bond donors (Lipinski definition) is 0. The van der Waals surface area contributed by atoms with E-state index in [1.54, 1.807) is 37.4 Å². The van der Waals surface area contributed by atoms with Crippen molar-refractivity contribution in [1.82, 2.24) is 14.8 Å². The Bertz CT molecular complexity index is 969. The Morgan fingerprint density at radius 1 is 1.30 bits per heavy atom. The largest absolute Gasteiger partial charge is 0.419 e. The van der Waals surface area contributed by atoms with Gasteiger partial charge in [-0.05, 0) is 30.7 Å². The number of hydrogen-bond acceptors (Lipinski definition) is 5. The SMILES string of the molecule is Cc1ccn(Cc2nnc(-c3ccccc3Cl)o2)c(=O)c1C#N. The molecule has 0 saturated carbocycles. The second-order valence-corrected chi connectivity index (χ2v) is 5.31. The summed E-state index contributed by atoms with van der Waals surface area (Å²) in [6.45, 7) is 1.80. The molecule has 23 heavy (non-hydrogen) atoms. The lowest BCUT2D eigenvalue weighted by Gasteiger charge is -2.04. The zero-order valence-electron chi connectivity index (χ0n) is 12.2. The first-order valence-corrected chi connectivity index (χ1v) is 7.15. The standard InChI is InChI=1S/C16H11ClN4O2/c1-10-6-7-21(16(22)12(10)8-18)9-14-19-20-15(23-14)11-4-2-3-5-13(11)17/h2-7H,9H2,1H3. The van der Waals surface area contributed by atoms with Gasteiger partial charge in [-0.15, -0.1) is 10.2 Å². The summed E-state index contributed by atoms with van der Waals surface area (Å²) in [6, 6.07) is 10.7. The van der Waals surface area contributed by atoms with Crippen molar-refractivity contribution in [3.05, 3.63) is 68.9 Å². The molecule has 0 N–H and O–H groups in total. The van der Waals surface area contributed by atoms with E-state index in [2.05, 4.69) is 10.2 Å². The number of pyridine rings is 1. The highest BCUT2D eigenvalue weighted by Gasteiger charge is 2.13. The van der Waals surface area contributed by atoms with Crippen LogP contribution in [0.4, 0.5) is 0 Å². The van der Waals surface area contributed by atoms with Crippen LogP contribution in [0.15, 0.2) is 45.7 Å². The highest BCUT2D eigenvalue weighted by atomic mass is 35.5. The monoisotopic (exact) mass is 326 g/mol. The zero-order chi connectivity index (χ0) is 16.4. The summed E-state index contributed by atoms with van der Waals surface area (Å²) in [7, 11) is 0. The lowest BCUT2D eigenvalue weighted by molar-refractivity contribution is 0.484. The number of benzene rings is 1. The van der Waals surface area contributed by atoms with Crippen LogP contribution in [0.5, 0.6) is 0 Å². The molecule has 3 rings (SSSR count). The molecule has 3 aromatic rings. The molecule has 1 aromatic carbocycles. The van der Waals surface area contributed by atoms with E-state index < -0.39 is 0 Å². The van der Waals surface area contributed by atoms with Crippen molar-refractivity contribution in [2.24, 2.45) is 0 Å². The maximum atomic E-state index is 12.2. The van der Waals surface area contributed by atoms with Crippen LogP contribution in [0.2, 0.25) is 5.02 Å². The van der Waals surface area contributed by atoms with Gasteiger partial charge in [0.25, 0.3) is 5.56 Å². The van der Waals surface area contributed by atoms with E-state index >= 15 is 0 Å². The quantitative estimate of drug-likeness (QED) is 0.738. The fraction of sp³-hybridized carbons (Fsp3) is 0.125. The first-order valence-electron chi connectivity index (χ1n) is 6.77. The van der Waals surface area contributed by atoms with E-state index in [9.17, 15) is 4.79 Å². The second-order valence-electron chi connectivity index (χ2n) is 4.90. The van der Waals surface area contributed by atoms with Gasteiger partial charge in [0.05, 0.1) is 10.6 Å². The summed E-state index contributed by atoms with van der Waals surface area (Å²) in [5, 5.41) is 17.4. The molecule has 0 fully saturated rings. The van der Waals surface area contributed by atoms with Crippen LogP contribution in [0.1, 0.15) is 17.0 Å². The highest BCUT2D eigenvalue weighted by Crippen LogP contribution is 2.26. The molecule has 0 aliphatic heterocycles. The van der Waals surface area contributed by atoms with Gasteiger partial charge in [0.15, 0.2) is 0 Å². The summed E-state index contributed by atoms with van der Waals surface area (Å²) >= 11 is 6.09. The van der Waals surface area contributed by atoms with Gasteiger partial charge in [-0.1, -0.05) is 23.7 Å². The van der Waals surface area contributed by atoms with Gasteiger partial charge >= 0.3 is 0 Å². The molecule has 0 radical (unpaired) electrons. The minimum atomic E-state index is -0.384. The van der Waals surface area contributed by atoms with E-state index in [0.29, 0.717) is 16.1 Å². The summed E-state index contributed by atoms with van der Waals surface area (Å²) < 4.78 is 6.92. The number of rotatable bonds is 3. The molecule has 2 aromatic heterocycles. The Hall–Kier alpha value is -2.91. The van der Waals surface area contributed by atoms with E-state index in [-0.39, 0.29) is 29.4 Å². The Morgan fingerprint density at radius 2 is 2.09 bits per heavy atom. The Morgan fingerprint density at radius 3 is 2.83 bits per heavy atom. The molecule has 0 unspecified atom stereocenters. The van der Waals surface area contributed by atoms with Crippen molar-refractivity contribution in [3.63, 3.8) is 0 Å². The van der Waals surface area contributed by atoms with Gasteiger partial charge in [0.1, 0.15) is 18.2 Å². The van der Waals surface area contributed by atoms with Crippen LogP contribution in [0.25, 0.3) is 11.5 Å². The van der Waals surface area contributed by atoms with Crippen LogP contribution < -0.4 is 5.56 Å². The number of halogens is 1. The second kappa shape index (κ2) is 6.07. The maximum absolute atomic E-state index is 12.2. The average Bonchev–Trinajstić information content (AvgIpc) is 2.99. The molecule has 0 amide bonds. The maximum Gasteiger partial charge on any atom is 0.269 e. The first kappa shape index (κ1) is 15.0. The predicted molar refractivity (Wildman–Crippen MR) is 84.0 cm³/mol. The van der Waals surface area contributed by atoms with Gasteiger partial charge in [0, 0.05) is 6.20 Å². The molecule has 0 saturated heterocycles. The van der Waals surface area contributed by atoms with Crippen LogP contribution >= 0.6 is 11.6 Å². The predicted octanol–water partition coefficient (Wildman–Crippen LogP) is 2.78. The topological polar surface area (TPSA) is 84.7 Å². The van der Waals surface area contributed by atoms with Crippen LogP contribution in [-0.2, 0) is 6.54 Å². The van der Waals surface area contributed by atoms with Gasteiger partial charge < -0.3 is 8.98 Å². The van der Waals surface area contributed by atoms with Crippen molar-refractivity contribution >= 4 is 11.6 Å². The molecule has 0 aliphatic carbocycles. The molecule has 6 nitrogen and oxygen atoms in total. The molecule has 0 spiro atoms. The molecule has 0 aliphatic rings. The zero-order valence-corrected chi connectivity index (χ0v) is 12.9. The fourth-order valence-electron chi connectivity index (χ4n) is 2.13. The highest BCUT2D eigenvalue weighted by molar-refractivity contribution is 6.33. The number of aromatic nitrogens is 3. The summed E-state index contributed by atoms with van der Waals surface area (Å²) in [6.07, 6.45) is 1.60. The molecular weight excluding hydrogens is 316 g/mol. The summed E-state index contributed by atoms with van der Waals surface area (Å²) in [5.41, 5.74) is 0.987. The third-order valence-electron chi connectivity index (χ3n) is 3.36. The normalized spacial score (nSPS) is 10.5. The summed E-state index contributed by atoms with van der Waals surface area (Å²) in [4.78, 5) is 12.2. The lowest BCUT2D eigenvalue weighted by Crippen LogP contribution is -2.23. The van der Waals surface area contributed by atoms with Gasteiger partial charge in [-0.2, -0.15) is 5.26 Å². The molecule has 7 heteroatoms. The van der Waals surface area contributed by atoms with Crippen LogP contribution in [0.3, 0.4) is 0 Å². The smallest absolute Gasteiger partial charge is 0.269 e. The molecule has 0 atom stereocenters. The van der Waals surface area contributed by atoms with Crippen molar-refractivity contribution in [1.29, 1.82) is 5.26 Å². The third kappa shape index (κ3) is 2.87. The van der Waals surface area contributed by atoms with Crippen molar-refractivity contribution < 1.29 is 4.42 Å².